The number of likely N-dealkylation sites (N-methyl/N-ethyl adjacent to an activating group) is 1. The fourth-order valence-corrected chi connectivity index (χ4v) is 3.02. The van der Waals surface area contributed by atoms with Gasteiger partial charge in [0.15, 0.2) is 5.82 Å². The molecule has 27 heavy (non-hydrogen) atoms. The van der Waals surface area contributed by atoms with Gasteiger partial charge in [-0.25, -0.2) is 18.7 Å². The maximum atomic E-state index is 13.0. The number of hydrogen-bond acceptors (Lipinski definition) is 6. The first kappa shape index (κ1) is 17.1. The number of nitrogens with two attached hydrogens (primary N) is 1. The van der Waals surface area contributed by atoms with Crippen LogP contribution in [0.2, 0.25) is 0 Å². The van der Waals surface area contributed by atoms with Crippen LogP contribution in [0.25, 0.3) is 10.8 Å². The van der Waals surface area contributed by atoms with E-state index in [0.29, 0.717) is 35.4 Å². The van der Waals surface area contributed by atoms with Crippen molar-refractivity contribution >= 4 is 34.1 Å². The molecule has 4 heterocycles. The van der Waals surface area contributed by atoms with Crippen LogP contribution in [-0.4, -0.2) is 44.1 Å². The van der Waals surface area contributed by atoms with Gasteiger partial charge in [0.1, 0.15) is 23.9 Å². The Morgan fingerprint density at radius 3 is 2.85 bits per heavy atom. The van der Waals surface area contributed by atoms with Crippen LogP contribution in [0.1, 0.15) is 17.8 Å². The average molecular weight is 373 g/mol. The van der Waals surface area contributed by atoms with Crippen LogP contribution < -0.4 is 11.1 Å². The van der Waals surface area contributed by atoms with Crippen molar-refractivity contribution in [1.29, 1.82) is 0 Å². The number of alkyl halides is 2. The number of pyridine rings is 2. The molecule has 0 radical (unpaired) electrons. The molecule has 0 unspecified atom stereocenters. The molecule has 0 saturated carbocycles. The zero-order valence-electron chi connectivity index (χ0n) is 14.5. The maximum Gasteiger partial charge on any atom is 0.280 e. The summed E-state index contributed by atoms with van der Waals surface area (Å²) in [4.78, 5) is 21.6. The minimum atomic E-state index is -2.71. The standard InChI is InChI=1S/C17H17F2N7O/c1-25-3-2-10-6-14(24-26(10)8-15(25)27)23-13-5-9-4-12(16(18)19)22-17(20)11(9)7-21-13/h4-7,16H,2-3,8H2,1H3,(H2,20,22)(H,21,23,24). The Kier molecular flexibility index (Phi) is 4.09. The van der Waals surface area contributed by atoms with E-state index in [4.69, 9.17) is 5.73 Å². The number of hydrogen-bond donors (Lipinski definition) is 2. The summed E-state index contributed by atoms with van der Waals surface area (Å²) < 4.78 is 27.6. The van der Waals surface area contributed by atoms with Crippen LogP contribution in [0.15, 0.2) is 24.4 Å². The molecular weight excluding hydrogens is 356 g/mol. The van der Waals surface area contributed by atoms with Gasteiger partial charge in [0.25, 0.3) is 6.43 Å². The summed E-state index contributed by atoms with van der Waals surface area (Å²) in [5, 5.41) is 8.45. The number of nitrogen functional groups attached to an aromatic ring is 1. The highest BCUT2D eigenvalue weighted by atomic mass is 19.3. The number of fused-ring (bicyclic) bond motifs is 2. The smallest absolute Gasteiger partial charge is 0.280 e. The Hall–Kier alpha value is -3.30. The van der Waals surface area contributed by atoms with E-state index < -0.39 is 6.43 Å². The van der Waals surface area contributed by atoms with Crippen LogP contribution in [0.3, 0.4) is 0 Å². The van der Waals surface area contributed by atoms with E-state index in [1.165, 1.54) is 12.3 Å². The third-order valence-corrected chi connectivity index (χ3v) is 4.52. The van der Waals surface area contributed by atoms with E-state index in [0.717, 1.165) is 5.69 Å². The van der Waals surface area contributed by atoms with E-state index in [9.17, 15) is 13.6 Å². The summed E-state index contributed by atoms with van der Waals surface area (Å²) in [6.45, 7) is 0.805. The quantitative estimate of drug-likeness (QED) is 0.729. The van der Waals surface area contributed by atoms with E-state index in [2.05, 4.69) is 20.4 Å². The zero-order chi connectivity index (χ0) is 19.1. The lowest BCUT2D eigenvalue weighted by atomic mass is 10.2. The van der Waals surface area contributed by atoms with Crippen molar-refractivity contribution in [3.63, 3.8) is 0 Å². The number of rotatable bonds is 3. The second kappa shape index (κ2) is 6.45. The van der Waals surface area contributed by atoms with E-state index in [1.54, 1.807) is 22.7 Å². The normalized spacial score (nSPS) is 14.5. The number of amides is 1. The predicted octanol–water partition coefficient (Wildman–Crippen LogP) is 2.10. The molecule has 140 valence electrons. The molecule has 3 aromatic rings. The number of aromatic nitrogens is 4. The highest BCUT2D eigenvalue weighted by Gasteiger charge is 2.19. The summed E-state index contributed by atoms with van der Waals surface area (Å²) in [6.07, 6.45) is -0.530. The Morgan fingerprint density at radius 1 is 1.26 bits per heavy atom. The van der Waals surface area contributed by atoms with Crippen LogP contribution in [0.4, 0.5) is 26.2 Å². The van der Waals surface area contributed by atoms with Gasteiger partial charge >= 0.3 is 0 Å². The molecule has 3 N–H and O–H groups in total. The zero-order valence-corrected chi connectivity index (χ0v) is 14.5. The van der Waals surface area contributed by atoms with Gasteiger partial charge in [-0.15, -0.1) is 0 Å². The van der Waals surface area contributed by atoms with Crippen LogP contribution >= 0.6 is 0 Å². The number of anilines is 3. The second-order valence-corrected chi connectivity index (χ2v) is 6.39. The Labute approximate surface area is 153 Å². The number of nitrogens with zero attached hydrogens (tertiary/aromatic N) is 5. The van der Waals surface area contributed by atoms with Gasteiger partial charge in [0.2, 0.25) is 5.91 Å². The number of halogens is 2. The van der Waals surface area contributed by atoms with Crippen LogP contribution in [0, 0.1) is 0 Å². The highest BCUT2D eigenvalue weighted by molar-refractivity contribution is 5.92. The van der Waals surface area contributed by atoms with Crippen molar-refractivity contribution < 1.29 is 13.6 Å². The molecule has 1 amide bonds. The van der Waals surface area contributed by atoms with Crippen molar-refractivity contribution in [1.82, 2.24) is 24.6 Å². The maximum absolute atomic E-state index is 13.0. The molecular formula is C17H17F2N7O. The topological polar surface area (TPSA) is 102 Å². The minimum absolute atomic E-state index is 0.00488. The van der Waals surface area contributed by atoms with Crippen molar-refractivity contribution in [3.8, 4) is 0 Å². The van der Waals surface area contributed by atoms with Crippen molar-refractivity contribution in [2.45, 2.75) is 19.4 Å². The summed E-state index contributed by atoms with van der Waals surface area (Å²) in [5.41, 5.74) is 6.30. The first-order valence-electron chi connectivity index (χ1n) is 8.33. The average Bonchev–Trinajstić information content (AvgIpc) is 2.94. The molecule has 0 fully saturated rings. The summed E-state index contributed by atoms with van der Waals surface area (Å²) >= 11 is 0. The largest absolute Gasteiger partial charge is 0.383 e. The summed E-state index contributed by atoms with van der Waals surface area (Å²) in [7, 11) is 1.77. The molecule has 0 atom stereocenters. The Morgan fingerprint density at radius 2 is 2.07 bits per heavy atom. The second-order valence-electron chi connectivity index (χ2n) is 6.39. The monoisotopic (exact) mass is 373 g/mol. The molecule has 0 saturated heterocycles. The van der Waals surface area contributed by atoms with Gasteiger partial charge in [-0.3, -0.25) is 9.48 Å². The van der Waals surface area contributed by atoms with Gasteiger partial charge < -0.3 is 16.0 Å². The lowest BCUT2D eigenvalue weighted by Crippen LogP contribution is -2.29. The first-order valence-corrected chi connectivity index (χ1v) is 8.33. The van der Waals surface area contributed by atoms with Crippen molar-refractivity contribution in [3.05, 3.63) is 35.8 Å². The van der Waals surface area contributed by atoms with Gasteiger partial charge in [0.05, 0.1) is 0 Å². The molecule has 0 spiro atoms. The number of nitrogens with one attached hydrogen (secondary N) is 1. The van der Waals surface area contributed by atoms with Crippen molar-refractivity contribution in [2.24, 2.45) is 0 Å². The fourth-order valence-electron chi connectivity index (χ4n) is 3.02. The SMILES string of the molecule is CN1CCc2cc(Nc3cc4cc(C(F)F)nc(N)c4cn3)nn2CC1=O. The lowest BCUT2D eigenvalue weighted by molar-refractivity contribution is -0.130. The van der Waals surface area contributed by atoms with Gasteiger partial charge in [-0.1, -0.05) is 0 Å². The van der Waals surface area contributed by atoms with E-state index in [-0.39, 0.29) is 24.0 Å². The molecule has 1 aliphatic heterocycles. The van der Waals surface area contributed by atoms with Gasteiger partial charge in [-0.05, 0) is 17.5 Å². The third kappa shape index (κ3) is 3.25. The van der Waals surface area contributed by atoms with Gasteiger partial charge in [0, 0.05) is 43.4 Å². The van der Waals surface area contributed by atoms with Crippen molar-refractivity contribution in [2.75, 3.05) is 24.6 Å². The number of carbonyl (C=O) groups excluding carboxylic acids is 1. The Balaban J connectivity index is 1.63. The summed E-state index contributed by atoms with van der Waals surface area (Å²) in [5.74, 6) is 0.975. The fraction of sp³-hybridized carbons (Fsp3) is 0.294. The molecule has 1 aliphatic rings. The molecule has 0 bridgehead atoms. The Bertz CT molecular complexity index is 1030. The molecule has 8 nitrogen and oxygen atoms in total. The minimum Gasteiger partial charge on any atom is -0.383 e. The van der Waals surface area contributed by atoms with Crippen LogP contribution in [0.5, 0.6) is 0 Å². The molecule has 10 heteroatoms. The van der Waals surface area contributed by atoms with E-state index >= 15 is 0 Å². The third-order valence-electron chi connectivity index (χ3n) is 4.52. The highest BCUT2D eigenvalue weighted by Crippen LogP contribution is 2.27. The molecule has 4 rings (SSSR count). The van der Waals surface area contributed by atoms with Crippen LogP contribution in [-0.2, 0) is 17.8 Å². The molecule has 0 aromatic carbocycles. The molecule has 0 aliphatic carbocycles. The summed E-state index contributed by atoms with van der Waals surface area (Å²) in [6, 6.07) is 4.76. The molecule has 3 aromatic heterocycles. The lowest BCUT2D eigenvalue weighted by Gasteiger charge is -2.12. The van der Waals surface area contributed by atoms with E-state index in [1.807, 2.05) is 6.07 Å². The predicted molar refractivity (Wildman–Crippen MR) is 95.8 cm³/mol. The van der Waals surface area contributed by atoms with Gasteiger partial charge in [-0.2, -0.15) is 5.10 Å². The first-order chi connectivity index (χ1) is 12.9. The number of carbonyl (C=O) groups is 1.